The van der Waals surface area contributed by atoms with Crippen LogP contribution in [0.25, 0.3) is 0 Å². The quantitative estimate of drug-likeness (QED) is 0.637. The van der Waals surface area contributed by atoms with Crippen LogP contribution in [0.1, 0.15) is 11.3 Å². The molecule has 2 N–H and O–H groups in total. The van der Waals surface area contributed by atoms with E-state index in [4.69, 9.17) is 13.9 Å². The van der Waals surface area contributed by atoms with Crippen molar-refractivity contribution >= 4 is 18.0 Å². The Morgan fingerprint density at radius 3 is 2.83 bits per heavy atom. The van der Waals surface area contributed by atoms with E-state index in [1.54, 1.807) is 19.2 Å². The number of carbonyl (C=O) groups excluding carboxylic acids is 1. The van der Waals surface area contributed by atoms with Crippen molar-refractivity contribution < 1.29 is 18.7 Å². The molecule has 1 aliphatic rings. The summed E-state index contributed by atoms with van der Waals surface area (Å²) in [6, 6.07) is 8.84. The Bertz CT molecular complexity index is 1000. The predicted octanol–water partition coefficient (Wildman–Crippen LogP) is 2.72. The molecule has 0 spiro atoms. The first-order valence-electron chi connectivity index (χ1n) is 9.56. The Balaban J connectivity index is 1.40. The summed E-state index contributed by atoms with van der Waals surface area (Å²) in [6.45, 7) is 4.81. The molecular formula is C20H22N6O4. The van der Waals surface area contributed by atoms with Crippen LogP contribution in [0.3, 0.4) is 0 Å². The number of benzene rings is 1. The van der Waals surface area contributed by atoms with Gasteiger partial charge in [0.25, 0.3) is 0 Å². The SMILES string of the molecule is Cc1coc(NC(=O)NCc2ccccc2Oc2ccnc(N3CCOCC3)n2)n1. The molecular weight excluding hydrogens is 388 g/mol. The zero-order chi connectivity index (χ0) is 20.8. The van der Waals surface area contributed by atoms with Crippen LogP contribution in [0.4, 0.5) is 16.8 Å². The Labute approximate surface area is 173 Å². The fourth-order valence-electron chi connectivity index (χ4n) is 2.90. The summed E-state index contributed by atoms with van der Waals surface area (Å²) < 4.78 is 16.5. The fourth-order valence-corrected chi connectivity index (χ4v) is 2.90. The van der Waals surface area contributed by atoms with Crippen molar-refractivity contribution in [2.24, 2.45) is 0 Å². The minimum absolute atomic E-state index is 0.145. The van der Waals surface area contributed by atoms with Crippen molar-refractivity contribution in [3.63, 3.8) is 0 Å². The van der Waals surface area contributed by atoms with E-state index in [2.05, 4.69) is 30.5 Å². The smallest absolute Gasteiger partial charge is 0.323 e. The van der Waals surface area contributed by atoms with E-state index >= 15 is 0 Å². The molecule has 3 heterocycles. The van der Waals surface area contributed by atoms with Crippen LogP contribution < -0.4 is 20.3 Å². The maximum atomic E-state index is 12.1. The molecule has 3 aromatic rings. The summed E-state index contributed by atoms with van der Waals surface area (Å²) in [4.78, 5) is 27.0. The first-order chi connectivity index (χ1) is 14.7. The zero-order valence-electron chi connectivity index (χ0n) is 16.5. The van der Waals surface area contributed by atoms with Gasteiger partial charge in [-0.3, -0.25) is 5.32 Å². The summed E-state index contributed by atoms with van der Waals surface area (Å²) in [6.07, 6.45) is 3.13. The molecule has 2 amide bonds. The van der Waals surface area contributed by atoms with Crippen molar-refractivity contribution in [2.75, 3.05) is 36.5 Å². The Morgan fingerprint density at radius 2 is 2.03 bits per heavy atom. The summed E-state index contributed by atoms with van der Waals surface area (Å²) in [5.41, 5.74) is 1.48. The molecule has 0 aliphatic carbocycles. The maximum absolute atomic E-state index is 12.1. The molecule has 10 nitrogen and oxygen atoms in total. The standard InChI is InChI=1S/C20H22N6O4/c1-14-13-29-20(23-14)25-19(27)22-12-15-4-2-3-5-16(15)30-17-6-7-21-18(24-17)26-8-10-28-11-9-26/h2-7,13H,8-12H2,1H3,(H2,22,23,25,27). The monoisotopic (exact) mass is 410 g/mol. The summed E-state index contributed by atoms with van der Waals surface area (Å²) in [5.74, 6) is 1.63. The van der Waals surface area contributed by atoms with Crippen LogP contribution >= 0.6 is 0 Å². The number of aromatic nitrogens is 3. The second-order valence-corrected chi connectivity index (χ2v) is 6.61. The van der Waals surface area contributed by atoms with E-state index in [0.717, 1.165) is 18.7 Å². The number of amides is 2. The van der Waals surface area contributed by atoms with E-state index in [0.29, 0.717) is 36.5 Å². The molecule has 1 saturated heterocycles. The van der Waals surface area contributed by atoms with Gasteiger partial charge in [0.05, 0.1) is 18.9 Å². The van der Waals surface area contributed by atoms with Gasteiger partial charge in [-0.2, -0.15) is 9.97 Å². The summed E-state index contributed by atoms with van der Waals surface area (Å²) >= 11 is 0. The number of hydrogen-bond acceptors (Lipinski definition) is 8. The molecule has 2 aromatic heterocycles. The fraction of sp³-hybridized carbons (Fsp3) is 0.300. The summed E-state index contributed by atoms with van der Waals surface area (Å²) in [7, 11) is 0. The lowest BCUT2D eigenvalue weighted by atomic mass is 10.2. The number of nitrogens with zero attached hydrogens (tertiary/aromatic N) is 4. The molecule has 4 rings (SSSR count). The van der Waals surface area contributed by atoms with Gasteiger partial charge < -0.3 is 24.1 Å². The number of rotatable bonds is 6. The highest BCUT2D eigenvalue weighted by atomic mass is 16.5. The molecule has 0 radical (unpaired) electrons. The first-order valence-corrected chi connectivity index (χ1v) is 9.56. The lowest BCUT2D eigenvalue weighted by Crippen LogP contribution is -2.37. The van der Waals surface area contributed by atoms with Gasteiger partial charge in [0, 0.05) is 37.5 Å². The second-order valence-electron chi connectivity index (χ2n) is 6.61. The van der Waals surface area contributed by atoms with Crippen LogP contribution in [0.2, 0.25) is 0 Å². The topological polar surface area (TPSA) is 115 Å². The van der Waals surface area contributed by atoms with Crippen LogP contribution in [-0.2, 0) is 11.3 Å². The number of oxazole rings is 1. The second kappa shape index (κ2) is 9.23. The van der Waals surface area contributed by atoms with Gasteiger partial charge in [0.1, 0.15) is 12.0 Å². The molecule has 30 heavy (non-hydrogen) atoms. The Hall–Kier alpha value is -3.66. The van der Waals surface area contributed by atoms with Gasteiger partial charge in [-0.05, 0) is 13.0 Å². The van der Waals surface area contributed by atoms with Crippen LogP contribution in [0.15, 0.2) is 47.2 Å². The van der Waals surface area contributed by atoms with E-state index in [1.165, 1.54) is 6.26 Å². The number of aryl methyl sites for hydroxylation is 1. The van der Waals surface area contributed by atoms with Crippen LogP contribution in [0, 0.1) is 6.92 Å². The van der Waals surface area contributed by atoms with Crippen LogP contribution in [0.5, 0.6) is 11.6 Å². The van der Waals surface area contributed by atoms with E-state index < -0.39 is 6.03 Å². The van der Waals surface area contributed by atoms with Gasteiger partial charge in [-0.1, -0.05) is 18.2 Å². The van der Waals surface area contributed by atoms with Gasteiger partial charge in [-0.15, -0.1) is 0 Å². The van der Waals surface area contributed by atoms with Crippen molar-refractivity contribution in [3.05, 3.63) is 54.0 Å². The zero-order valence-corrected chi connectivity index (χ0v) is 16.5. The van der Waals surface area contributed by atoms with E-state index in [9.17, 15) is 4.79 Å². The normalized spacial score (nSPS) is 13.7. The molecule has 10 heteroatoms. The lowest BCUT2D eigenvalue weighted by molar-refractivity contribution is 0.122. The molecule has 0 saturated carbocycles. The van der Waals surface area contributed by atoms with Crippen molar-refractivity contribution in [2.45, 2.75) is 13.5 Å². The minimum Gasteiger partial charge on any atom is -0.439 e. The Morgan fingerprint density at radius 1 is 1.20 bits per heavy atom. The average molecular weight is 410 g/mol. The number of hydrogen-bond donors (Lipinski definition) is 2. The van der Waals surface area contributed by atoms with E-state index in [-0.39, 0.29) is 12.6 Å². The van der Waals surface area contributed by atoms with Crippen molar-refractivity contribution in [1.82, 2.24) is 20.3 Å². The molecule has 1 aromatic carbocycles. The highest BCUT2D eigenvalue weighted by Gasteiger charge is 2.15. The molecule has 0 unspecified atom stereocenters. The lowest BCUT2D eigenvalue weighted by Gasteiger charge is -2.26. The minimum atomic E-state index is -0.428. The molecule has 156 valence electrons. The number of para-hydroxylation sites is 1. The average Bonchev–Trinajstić information content (AvgIpc) is 3.18. The van der Waals surface area contributed by atoms with Crippen molar-refractivity contribution in [3.8, 4) is 11.6 Å². The number of urea groups is 1. The van der Waals surface area contributed by atoms with Crippen molar-refractivity contribution in [1.29, 1.82) is 0 Å². The third-order valence-corrected chi connectivity index (χ3v) is 4.38. The molecule has 1 aliphatic heterocycles. The number of morpholine rings is 1. The largest absolute Gasteiger partial charge is 0.439 e. The van der Waals surface area contributed by atoms with Gasteiger partial charge in [-0.25, -0.2) is 9.78 Å². The summed E-state index contributed by atoms with van der Waals surface area (Å²) in [5, 5.41) is 5.30. The number of nitrogens with one attached hydrogen (secondary N) is 2. The van der Waals surface area contributed by atoms with E-state index in [1.807, 2.05) is 24.3 Å². The third-order valence-electron chi connectivity index (χ3n) is 4.38. The highest BCUT2D eigenvalue weighted by molar-refractivity contribution is 5.86. The number of ether oxygens (including phenoxy) is 2. The molecule has 1 fully saturated rings. The highest BCUT2D eigenvalue weighted by Crippen LogP contribution is 2.25. The third kappa shape index (κ3) is 5.03. The number of carbonyl (C=O) groups is 1. The first kappa shape index (κ1) is 19.6. The number of anilines is 2. The maximum Gasteiger partial charge on any atom is 0.323 e. The van der Waals surface area contributed by atoms with Gasteiger partial charge >= 0.3 is 12.0 Å². The Kier molecular flexibility index (Phi) is 6.04. The van der Waals surface area contributed by atoms with Crippen LogP contribution in [-0.4, -0.2) is 47.3 Å². The molecule has 0 bridgehead atoms. The van der Waals surface area contributed by atoms with Gasteiger partial charge in [0.15, 0.2) is 0 Å². The van der Waals surface area contributed by atoms with Gasteiger partial charge in [0.2, 0.25) is 11.8 Å². The molecule has 0 atom stereocenters. The predicted molar refractivity (Wildman–Crippen MR) is 109 cm³/mol.